The van der Waals surface area contributed by atoms with Gasteiger partial charge in [0.2, 0.25) is 0 Å². The van der Waals surface area contributed by atoms with Gasteiger partial charge in [0.05, 0.1) is 23.7 Å². The summed E-state index contributed by atoms with van der Waals surface area (Å²) in [7, 11) is 0. The van der Waals surface area contributed by atoms with Gasteiger partial charge in [-0.1, -0.05) is 0 Å². The number of nitrogens with two attached hydrogens (primary N) is 2. The number of alkyl halides is 3. The Balaban J connectivity index is 3.16. The highest BCUT2D eigenvalue weighted by atomic mass is 19.4. The summed E-state index contributed by atoms with van der Waals surface area (Å²) in [5.74, 6) is -0.605. The summed E-state index contributed by atoms with van der Waals surface area (Å²) < 4.78 is 39.7. The topological polar surface area (TPSA) is 94.4 Å². The molecule has 0 amide bonds. The Hall–Kier alpha value is -1.54. The minimum absolute atomic E-state index is 0.0818. The van der Waals surface area contributed by atoms with E-state index in [1.54, 1.807) is 0 Å². The van der Waals surface area contributed by atoms with Gasteiger partial charge in [-0.15, -0.1) is 13.2 Å². The first-order valence-corrected chi connectivity index (χ1v) is 4.22. The summed E-state index contributed by atoms with van der Waals surface area (Å²) in [4.78, 5) is 3.75. The number of aromatic nitrogens is 1. The molecular weight excluding hydrogens is 227 g/mol. The number of rotatable bonds is 3. The summed E-state index contributed by atoms with van der Waals surface area (Å²) in [6.07, 6.45) is -4.85. The molecule has 0 saturated carbocycles. The Morgan fingerprint density at radius 2 is 2.06 bits per heavy atom. The Labute approximate surface area is 88.8 Å². The average molecular weight is 237 g/mol. The monoisotopic (exact) mass is 237 g/mol. The summed E-state index contributed by atoms with van der Waals surface area (Å²) in [5.41, 5.74) is 10.3. The second-order valence-electron chi connectivity index (χ2n) is 2.88. The first-order chi connectivity index (χ1) is 7.37. The van der Waals surface area contributed by atoms with Crippen LogP contribution in [0.1, 0.15) is 11.4 Å². The predicted octanol–water partition coefficient (Wildman–Crippen LogP) is 0.513. The Morgan fingerprint density at radius 3 is 2.50 bits per heavy atom. The van der Waals surface area contributed by atoms with E-state index < -0.39 is 18.7 Å². The summed E-state index contributed by atoms with van der Waals surface area (Å²) >= 11 is 0. The molecular formula is C8H10F3N3O2. The second-order valence-corrected chi connectivity index (χ2v) is 2.88. The summed E-state index contributed by atoms with van der Waals surface area (Å²) in [6, 6.07) is 0.988. The van der Waals surface area contributed by atoms with Crippen molar-refractivity contribution < 1.29 is 23.0 Å². The molecule has 0 saturated heterocycles. The maximum absolute atomic E-state index is 12.0. The molecule has 90 valence electrons. The van der Waals surface area contributed by atoms with Crippen molar-refractivity contribution in [3.8, 4) is 5.75 Å². The molecule has 1 heterocycles. The number of halogens is 3. The second kappa shape index (κ2) is 4.54. The van der Waals surface area contributed by atoms with Crippen LogP contribution in [0.25, 0.3) is 0 Å². The number of hydrogen-bond donors (Lipinski definition) is 3. The van der Waals surface area contributed by atoms with Crippen LogP contribution in [0.2, 0.25) is 0 Å². The molecule has 1 rings (SSSR count). The third-order valence-electron chi connectivity index (χ3n) is 1.74. The molecule has 0 aliphatic carbocycles. The fraction of sp³-hybridized carbons (Fsp3) is 0.375. The van der Waals surface area contributed by atoms with Gasteiger partial charge < -0.3 is 21.3 Å². The molecule has 5 nitrogen and oxygen atoms in total. The number of aliphatic hydroxyl groups excluding tert-OH is 1. The zero-order chi connectivity index (χ0) is 12.3. The zero-order valence-electron chi connectivity index (χ0n) is 8.08. The van der Waals surface area contributed by atoms with Crippen molar-refractivity contribution in [3.63, 3.8) is 0 Å². The first kappa shape index (κ1) is 12.5. The van der Waals surface area contributed by atoms with E-state index in [-0.39, 0.29) is 23.6 Å². The molecule has 16 heavy (non-hydrogen) atoms. The van der Waals surface area contributed by atoms with E-state index in [1.807, 2.05) is 0 Å². The van der Waals surface area contributed by atoms with Gasteiger partial charge in [0, 0.05) is 12.6 Å². The van der Waals surface area contributed by atoms with Crippen LogP contribution in [0.4, 0.5) is 18.9 Å². The fourth-order valence-electron chi connectivity index (χ4n) is 1.07. The average Bonchev–Trinajstić information content (AvgIpc) is 2.19. The molecule has 0 atom stereocenters. The van der Waals surface area contributed by atoms with E-state index in [2.05, 4.69) is 9.72 Å². The van der Waals surface area contributed by atoms with Crippen LogP contribution in [0, 0.1) is 0 Å². The van der Waals surface area contributed by atoms with Gasteiger partial charge in [-0.25, -0.2) is 0 Å². The van der Waals surface area contributed by atoms with Crippen molar-refractivity contribution in [1.82, 2.24) is 4.98 Å². The highest BCUT2D eigenvalue weighted by Crippen LogP contribution is 2.30. The SMILES string of the molecule is NCc1cc(OC(F)(F)F)c(N)c(CO)n1. The van der Waals surface area contributed by atoms with Gasteiger partial charge in [0.25, 0.3) is 0 Å². The minimum atomic E-state index is -4.85. The molecule has 1 aromatic heterocycles. The Bertz CT molecular complexity index is 382. The summed E-state index contributed by atoms with van der Waals surface area (Å²) in [5, 5.41) is 8.84. The molecule has 0 fully saturated rings. The van der Waals surface area contributed by atoms with Crippen LogP contribution in [0.5, 0.6) is 5.75 Å². The van der Waals surface area contributed by atoms with E-state index in [9.17, 15) is 13.2 Å². The van der Waals surface area contributed by atoms with Crippen LogP contribution in [0.15, 0.2) is 6.07 Å². The lowest BCUT2D eigenvalue weighted by Gasteiger charge is -2.13. The third kappa shape index (κ3) is 2.97. The van der Waals surface area contributed by atoms with Gasteiger partial charge >= 0.3 is 6.36 Å². The number of ether oxygens (including phenoxy) is 1. The number of nitrogens with zero attached hydrogens (tertiary/aromatic N) is 1. The number of nitrogen functional groups attached to an aromatic ring is 1. The molecule has 0 aliphatic heterocycles. The van der Waals surface area contributed by atoms with Crippen molar-refractivity contribution in [1.29, 1.82) is 0 Å². The minimum Gasteiger partial charge on any atom is -0.403 e. The van der Waals surface area contributed by atoms with Gasteiger partial charge in [0.15, 0.2) is 5.75 Å². The smallest absolute Gasteiger partial charge is 0.403 e. The molecule has 1 aromatic rings. The van der Waals surface area contributed by atoms with E-state index in [0.29, 0.717) is 0 Å². The van der Waals surface area contributed by atoms with Crippen LogP contribution in [-0.2, 0) is 13.2 Å². The van der Waals surface area contributed by atoms with Gasteiger partial charge in [0.1, 0.15) is 0 Å². The number of pyridine rings is 1. The first-order valence-electron chi connectivity index (χ1n) is 4.22. The molecule has 5 N–H and O–H groups in total. The predicted molar refractivity (Wildman–Crippen MR) is 49.1 cm³/mol. The zero-order valence-corrected chi connectivity index (χ0v) is 8.08. The molecule has 0 aliphatic rings. The molecule has 0 aromatic carbocycles. The van der Waals surface area contributed by atoms with Crippen molar-refractivity contribution in [3.05, 3.63) is 17.5 Å². The quantitative estimate of drug-likeness (QED) is 0.712. The van der Waals surface area contributed by atoms with E-state index in [1.165, 1.54) is 0 Å². The lowest BCUT2D eigenvalue weighted by atomic mass is 10.2. The largest absolute Gasteiger partial charge is 0.573 e. The lowest BCUT2D eigenvalue weighted by molar-refractivity contribution is -0.274. The van der Waals surface area contributed by atoms with Gasteiger partial charge in [-0.3, -0.25) is 4.98 Å². The van der Waals surface area contributed by atoms with Crippen molar-refractivity contribution in [2.45, 2.75) is 19.5 Å². The third-order valence-corrected chi connectivity index (χ3v) is 1.74. The highest BCUT2D eigenvalue weighted by molar-refractivity contribution is 5.56. The highest BCUT2D eigenvalue weighted by Gasteiger charge is 2.32. The normalized spacial score (nSPS) is 11.6. The van der Waals surface area contributed by atoms with Crippen LogP contribution in [-0.4, -0.2) is 16.5 Å². The number of anilines is 1. The molecule has 0 spiro atoms. The van der Waals surface area contributed by atoms with E-state index in [0.717, 1.165) is 6.07 Å². The molecule has 0 unspecified atom stereocenters. The number of hydrogen-bond acceptors (Lipinski definition) is 5. The molecule has 0 radical (unpaired) electrons. The van der Waals surface area contributed by atoms with Crippen LogP contribution >= 0.6 is 0 Å². The Morgan fingerprint density at radius 1 is 1.44 bits per heavy atom. The van der Waals surface area contributed by atoms with Gasteiger partial charge in [-0.05, 0) is 0 Å². The van der Waals surface area contributed by atoms with E-state index in [4.69, 9.17) is 16.6 Å². The lowest BCUT2D eigenvalue weighted by Crippen LogP contribution is -2.19. The van der Waals surface area contributed by atoms with Crippen molar-refractivity contribution in [2.75, 3.05) is 5.73 Å². The van der Waals surface area contributed by atoms with Gasteiger partial charge in [-0.2, -0.15) is 0 Å². The Kier molecular flexibility index (Phi) is 3.55. The summed E-state index contributed by atoms with van der Waals surface area (Å²) in [6.45, 7) is -0.671. The van der Waals surface area contributed by atoms with Crippen molar-refractivity contribution >= 4 is 5.69 Å². The maximum atomic E-state index is 12.0. The van der Waals surface area contributed by atoms with E-state index >= 15 is 0 Å². The number of aliphatic hydroxyl groups is 1. The molecule has 0 bridgehead atoms. The fourth-order valence-corrected chi connectivity index (χ4v) is 1.07. The molecule has 8 heteroatoms. The van der Waals surface area contributed by atoms with Crippen LogP contribution < -0.4 is 16.2 Å². The van der Waals surface area contributed by atoms with Crippen molar-refractivity contribution in [2.24, 2.45) is 5.73 Å². The standard InChI is InChI=1S/C8H10F3N3O2/c9-8(10,11)16-6-1-4(2-12)14-5(3-15)7(6)13/h1,15H,2-3,12-13H2. The van der Waals surface area contributed by atoms with Crippen LogP contribution in [0.3, 0.4) is 0 Å². The maximum Gasteiger partial charge on any atom is 0.573 e.